The average Bonchev–Trinajstić information content (AvgIpc) is 2.69. The van der Waals surface area contributed by atoms with E-state index in [2.05, 4.69) is 21.3 Å². The van der Waals surface area contributed by atoms with Crippen LogP contribution in [0.2, 0.25) is 0 Å². The molecule has 0 aliphatic carbocycles. The highest BCUT2D eigenvalue weighted by Gasteiger charge is 2.16. The van der Waals surface area contributed by atoms with Crippen molar-refractivity contribution in [2.75, 3.05) is 33.4 Å². The van der Waals surface area contributed by atoms with Crippen molar-refractivity contribution < 1.29 is 9.47 Å². The van der Waals surface area contributed by atoms with Crippen LogP contribution in [0.5, 0.6) is 11.5 Å². The fourth-order valence-corrected chi connectivity index (χ4v) is 2.29. The van der Waals surface area contributed by atoms with Crippen molar-refractivity contribution >= 4 is 5.96 Å². The van der Waals surface area contributed by atoms with E-state index < -0.39 is 0 Å². The van der Waals surface area contributed by atoms with Gasteiger partial charge in [-0.15, -0.1) is 0 Å². The maximum absolute atomic E-state index is 5.80. The molecule has 102 valence electrons. The first-order valence-corrected chi connectivity index (χ1v) is 6.71. The first-order valence-electron chi connectivity index (χ1n) is 6.71. The third-order valence-corrected chi connectivity index (χ3v) is 3.35. The summed E-state index contributed by atoms with van der Waals surface area (Å²) in [5.74, 6) is 2.67. The van der Waals surface area contributed by atoms with Crippen LogP contribution < -0.4 is 14.8 Å². The van der Waals surface area contributed by atoms with E-state index in [0.717, 1.165) is 49.1 Å². The molecule has 1 aromatic carbocycles. The smallest absolute Gasteiger partial charge is 0.194 e. The van der Waals surface area contributed by atoms with Crippen molar-refractivity contribution in [2.24, 2.45) is 4.99 Å². The number of hydrogen-bond donors (Lipinski definition) is 1. The topological polar surface area (TPSA) is 46.1 Å². The van der Waals surface area contributed by atoms with Gasteiger partial charge < -0.3 is 19.7 Å². The molecule has 3 rings (SSSR count). The normalized spacial score (nSPS) is 17.9. The van der Waals surface area contributed by atoms with Gasteiger partial charge in [0.2, 0.25) is 0 Å². The summed E-state index contributed by atoms with van der Waals surface area (Å²) in [6.45, 7) is 3.99. The molecule has 2 heterocycles. The van der Waals surface area contributed by atoms with Crippen molar-refractivity contribution in [3.8, 4) is 11.5 Å². The van der Waals surface area contributed by atoms with Gasteiger partial charge in [0, 0.05) is 32.1 Å². The summed E-state index contributed by atoms with van der Waals surface area (Å²) in [6, 6.07) is 6.03. The summed E-state index contributed by atoms with van der Waals surface area (Å²) in [7, 11) is 2.05. The number of benzene rings is 1. The molecule has 0 amide bonds. The monoisotopic (exact) mass is 261 g/mol. The predicted octanol–water partition coefficient (Wildman–Crippen LogP) is 1.24. The Morgan fingerprint density at radius 2 is 2.21 bits per heavy atom. The molecule has 0 fully saturated rings. The van der Waals surface area contributed by atoms with Crippen molar-refractivity contribution in [3.63, 3.8) is 0 Å². The second-order valence-corrected chi connectivity index (χ2v) is 4.78. The number of rotatable bonds is 2. The van der Waals surface area contributed by atoms with Crippen LogP contribution in [-0.2, 0) is 6.54 Å². The largest absolute Gasteiger partial charge is 0.490 e. The Bertz CT molecular complexity index is 488. The van der Waals surface area contributed by atoms with Gasteiger partial charge in [-0.1, -0.05) is 12.1 Å². The van der Waals surface area contributed by atoms with Gasteiger partial charge in [0.15, 0.2) is 17.5 Å². The Kier molecular flexibility index (Phi) is 3.44. The van der Waals surface area contributed by atoms with Crippen LogP contribution in [0.1, 0.15) is 12.0 Å². The Morgan fingerprint density at radius 3 is 3.05 bits per heavy atom. The van der Waals surface area contributed by atoms with E-state index in [1.165, 1.54) is 0 Å². The van der Waals surface area contributed by atoms with E-state index >= 15 is 0 Å². The molecule has 0 unspecified atom stereocenters. The van der Waals surface area contributed by atoms with Crippen LogP contribution in [-0.4, -0.2) is 44.2 Å². The Hall–Kier alpha value is -1.91. The van der Waals surface area contributed by atoms with Crippen LogP contribution in [0.4, 0.5) is 0 Å². The van der Waals surface area contributed by atoms with E-state index in [-0.39, 0.29) is 0 Å². The molecule has 0 aromatic heterocycles. The zero-order chi connectivity index (χ0) is 13.1. The van der Waals surface area contributed by atoms with Gasteiger partial charge in [-0.05, 0) is 6.07 Å². The van der Waals surface area contributed by atoms with E-state index in [9.17, 15) is 0 Å². The number of nitrogens with one attached hydrogen (secondary N) is 1. The van der Waals surface area contributed by atoms with Gasteiger partial charge in [-0.3, -0.25) is 4.99 Å². The minimum absolute atomic E-state index is 0.704. The molecule has 1 aromatic rings. The maximum atomic E-state index is 5.80. The van der Waals surface area contributed by atoms with Crippen LogP contribution in [0.3, 0.4) is 0 Å². The third-order valence-electron chi connectivity index (χ3n) is 3.35. The molecule has 0 radical (unpaired) electrons. The van der Waals surface area contributed by atoms with Crippen molar-refractivity contribution in [2.45, 2.75) is 13.0 Å². The Balaban J connectivity index is 1.74. The lowest BCUT2D eigenvalue weighted by Gasteiger charge is -2.17. The van der Waals surface area contributed by atoms with Gasteiger partial charge in [0.25, 0.3) is 0 Å². The molecule has 2 aliphatic rings. The lowest BCUT2D eigenvalue weighted by Crippen LogP contribution is -2.35. The molecular weight excluding hydrogens is 242 g/mol. The average molecular weight is 261 g/mol. The van der Waals surface area contributed by atoms with Crippen molar-refractivity contribution in [1.82, 2.24) is 10.2 Å². The maximum Gasteiger partial charge on any atom is 0.194 e. The zero-order valence-corrected chi connectivity index (χ0v) is 11.2. The van der Waals surface area contributed by atoms with Gasteiger partial charge in [-0.2, -0.15) is 0 Å². The molecule has 2 aliphatic heterocycles. The molecule has 1 N–H and O–H groups in total. The Morgan fingerprint density at radius 1 is 1.32 bits per heavy atom. The first kappa shape index (κ1) is 12.1. The Labute approximate surface area is 113 Å². The highest BCUT2D eigenvalue weighted by atomic mass is 16.5. The number of hydrogen-bond acceptors (Lipinski definition) is 5. The van der Waals surface area contributed by atoms with Crippen LogP contribution in [0.15, 0.2) is 23.2 Å². The molecule has 5 nitrogen and oxygen atoms in total. The number of para-hydroxylation sites is 1. The summed E-state index contributed by atoms with van der Waals surface area (Å²) in [5, 5.41) is 3.36. The molecule has 0 bridgehead atoms. The van der Waals surface area contributed by atoms with Crippen molar-refractivity contribution in [3.05, 3.63) is 23.8 Å². The fourth-order valence-electron chi connectivity index (χ4n) is 2.29. The lowest BCUT2D eigenvalue weighted by molar-refractivity contribution is 0.296. The summed E-state index contributed by atoms with van der Waals surface area (Å²) in [5.41, 5.74) is 1.11. The molecule has 0 saturated carbocycles. The van der Waals surface area contributed by atoms with E-state index in [4.69, 9.17) is 9.47 Å². The number of aliphatic imine (C=N–C) groups is 1. The number of likely N-dealkylation sites (N-methyl/N-ethyl adjacent to an activating group) is 1. The number of fused-ring (bicyclic) bond motifs is 1. The molecule has 0 saturated heterocycles. The SMILES string of the molecule is CN1CCN=C1NCc1cccc2c1OCCCO2. The third kappa shape index (κ3) is 2.59. The van der Waals surface area contributed by atoms with Crippen LogP contribution >= 0.6 is 0 Å². The predicted molar refractivity (Wildman–Crippen MR) is 73.8 cm³/mol. The van der Waals surface area contributed by atoms with E-state index in [1.54, 1.807) is 0 Å². The van der Waals surface area contributed by atoms with E-state index in [1.807, 2.05) is 19.2 Å². The number of nitrogens with zero attached hydrogens (tertiary/aromatic N) is 2. The quantitative estimate of drug-likeness (QED) is 0.870. The summed E-state index contributed by atoms with van der Waals surface area (Å²) in [4.78, 5) is 6.55. The minimum Gasteiger partial charge on any atom is -0.490 e. The molecule has 5 heteroatoms. The highest BCUT2D eigenvalue weighted by molar-refractivity contribution is 5.81. The van der Waals surface area contributed by atoms with Crippen LogP contribution in [0.25, 0.3) is 0 Å². The molecule has 0 atom stereocenters. The fraction of sp³-hybridized carbons (Fsp3) is 0.500. The van der Waals surface area contributed by atoms with Gasteiger partial charge in [0.1, 0.15) is 0 Å². The second-order valence-electron chi connectivity index (χ2n) is 4.78. The molecule has 0 spiro atoms. The van der Waals surface area contributed by atoms with Crippen molar-refractivity contribution in [1.29, 1.82) is 0 Å². The number of ether oxygens (including phenoxy) is 2. The van der Waals surface area contributed by atoms with Gasteiger partial charge in [-0.25, -0.2) is 0 Å². The van der Waals surface area contributed by atoms with Crippen LogP contribution in [0, 0.1) is 0 Å². The lowest BCUT2D eigenvalue weighted by atomic mass is 10.2. The second kappa shape index (κ2) is 5.38. The minimum atomic E-state index is 0.704. The van der Waals surface area contributed by atoms with Gasteiger partial charge >= 0.3 is 0 Å². The standard InChI is InChI=1S/C14H19N3O2/c1-17-7-6-15-14(17)16-10-11-4-2-5-12-13(11)19-9-3-8-18-12/h2,4-5H,3,6-10H2,1H3,(H,15,16). The summed E-state index contributed by atoms with van der Waals surface area (Å²) >= 11 is 0. The highest BCUT2D eigenvalue weighted by Crippen LogP contribution is 2.33. The first-order chi connectivity index (χ1) is 9.34. The summed E-state index contributed by atoms with van der Waals surface area (Å²) < 4.78 is 11.5. The number of guanidine groups is 1. The van der Waals surface area contributed by atoms with E-state index in [0.29, 0.717) is 13.2 Å². The van der Waals surface area contributed by atoms with Gasteiger partial charge in [0.05, 0.1) is 19.8 Å². The molecular formula is C14H19N3O2. The molecule has 19 heavy (non-hydrogen) atoms. The zero-order valence-electron chi connectivity index (χ0n) is 11.2. The summed E-state index contributed by atoms with van der Waals surface area (Å²) in [6.07, 6.45) is 0.928.